The molecule has 31 heavy (non-hydrogen) atoms. The second-order valence-corrected chi connectivity index (χ2v) is 6.50. The lowest BCUT2D eigenvalue weighted by atomic mass is 10.1. The number of nitrogens with zero attached hydrogens (tertiary/aromatic N) is 6. The molecule has 0 saturated heterocycles. The van der Waals surface area contributed by atoms with Gasteiger partial charge in [-0.2, -0.15) is 18.3 Å². The van der Waals surface area contributed by atoms with Gasteiger partial charge < -0.3 is 5.32 Å². The monoisotopic (exact) mass is 431 g/mol. The van der Waals surface area contributed by atoms with Crippen LogP contribution >= 0.6 is 0 Å². The predicted molar refractivity (Wildman–Crippen MR) is 100 cm³/mol. The van der Waals surface area contributed by atoms with E-state index in [1.807, 2.05) is 0 Å². The van der Waals surface area contributed by atoms with Gasteiger partial charge in [0.15, 0.2) is 5.69 Å². The summed E-state index contributed by atoms with van der Waals surface area (Å²) in [5.74, 6) is -1.60. The molecule has 0 spiro atoms. The number of halogens is 4. The van der Waals surface area contributed by atoms with E-state index in [9.17, 15) is 22.4 Å². The number of carbonyl (C=O) groups is 1. The lowest BCUT2D eigenvalue weighted by Crippen LogP contribution is -2.20. The van der Waals surface area contributed by atoms with Crippen LogP contribution in [0.1, 0.15) is 21.6 Å². The molecule has 0 aliphatic carbocycles. The summed E-state index contributed by atoms with van der Waals surface area (Å²) < 4.78 is 56.3. The molecule has 0 radical (unpaired) electrons. The van der Waals surface area contributed by atoms with E-state index in [2.05, 4.69) is 25.9 Å². The van der Waals surface area contributed by atoms with Crippen LogP contribution < -0.4 is 5.32 Å². The SMILES string of the molecule is Cc1cc(NC(=O)c2cnn(-c3ccc(F)cc3)c2C(F)(F)F)ccc1-n1cnnn1. The zero-order valence-electron chi connectivity index (χ0n) is 15.8. The van der Waals surface area contributed by atoms with Crippen LogP contribution in [0, 0.1) is 12.7 Å². The molecular weight excluding hydrogens is 418 g/mol. The highest BCUT2D eigenvalue weighted by atomic mass is 19.4. The Morgan fingerprint density at radius 1 is 1.10 bits per heavy atom. The summed E-state index contributed by atoms with van der Waals surface area (Å²) in [6.07, 6.45) is -2.67. The highest BCUT2D eigenvalue weighted by Crippen LogP contribution is 2.34. The number of aromatic nitrogens is 6. The van der Waals surface area contributed by atoms with Gasteiger partial charge in [0, 0.05) is 5.69 Å². The van der Waals surface area contributed by atoms with Crippen LogP contribution in [-0.2, 0) is 6.18 Å². The minimum absolute atomic E-state index is 0.0330. The third-order valence-electron chi connectivity index (χ3n) is 4.40. The molecule has 0 aliphatic heterocycles. The highest BCUT2D eigenvalue weighted by Gasteiger charge is 2.40. The van der Waals surface area contributed by atoms with Crippen molar-refractivity contribution in [3.8, 4) is 11.4 Å². The molecule has 0 fully saturated rings. The van der Waals surface area contributed by atoms with E-state index in [1.165, 1.54) is 17.1 Å². The van der Waals surface area contributed by atoms with E-state index in [4.69, 9.17) is 0 Å². The number of nitrogens with one attached hydrogen (secondary N) is 1. The summed E-state index contributed by atoms with van der Waals surface area (Å²) in [5, 5.41) is 17.0. The van der Waals surface area contributed by atoms with Gasteiger partial charge in [-0.15, -0.1) is 5.10 Å². The van der Waals surface area contributed by atoms with Crippen molar-refractivity contribution >= 4 is 11.6 Å². The summed E-state index contributed by atoms with van der Waals surface area (Å²) in [7, 11) is 0. The molecule has 2 aromatic heterocycles. The lowest BCUT2D eigenvalue weighted by molar-refractivity contribution is -0.143. The number of alkyl halides is 3. The fraction of sp³-hybridized carbons (Fsp3) is 0.105. The average Bonchev–Trinajstić information content (AvgIpc) is 3.38. The first kappa shape index (κ1) is 20.2. The molecule has 12 heteroatoms. The molecule has 0 saturated carbocycles. The molecule has 4 rings (SSSR count). The van der Waals surface area contributed by atoms with Crippen molar-refractivity contribution in [2.45, 2.75) is 13.1 Å². The van der Waals surface area contributed by atoms with E-state index in [1.54, 1.807) is 19.1 Å². The minimum atomic E-state index is -4.88. The average molecular weight is 431 g/mol. The second-order valence-electron chi connectivity index (χ2n) is 6.50. The number of amides is 1. The number of anilines is 1. The van der Waals surface area contributed by atoms with Crippen molar-refractivity contribution in [2.75, 3.05) is 5.32 Å². The van der Waals surface area contributed by atoms with E-state index >= 15 is 0 Å². The van der Waals surface area contributed by atoms with Crippen molar-refractivity contribution in [1.29, 1.82) is 0 Å². The van der Waals surface area contributed by atoms with Crippen LogP contribution in [0.5, 0.6) is 0 Å². The van der Waals surface area contributed by atoms with Crippen LogP contribution in [0.2, 0.25) is 0 Å². The first-order valence-corrected chi connectivity index (χ1v) is 8.80. The summed E-state index contributed by atoms with van der Waals surface area (Å²) in [6, 6.07) is 9.00. The van der Waals surface area contributed by atoms with Crippen molar-refractivity contribution in [3.05, 3.63) is 77.6 Å². The number of hydrogen-bond acceptors (Lipinski definition) is 5. The first-order valence-electron chi connectivity index (χ1n) is 8.80. The molecule has 0 aliphatic rings. The van der Waals surface area contributed by atoms with Gasteiger partial charge in [-0.3, -0.25) is 4.79 Å². The molecule has 0 unspecified atom stereocenters. The molecule has 158 valence electrons. The van der Waals surface area contributed by atoms with Gasteiger partial charge in [0.1, 0.15) is 12.1 Å². The van der Waals surface area contributed by atoms with Crippen LogP contribution in [0.4, 0.5) is 23.2 Å². The van der Waals surface area contributed by atoms with Gasteiger partial charge >= 0.3 is 6.18 Å². The number of tetrazole rings is 1. The Bertz CT molecular complexity index is 1230. The Balaban J connectivity index is 1.66. The molecule has 2 heterocycles. The summed E-state index contributed by atoms with van der Waals surface area (Å²) in [6.45, 7) is 1.74. The Morgan fingerprint density at radius 3 is 2.45 bits per heavy atom. The fourth-order valence-corrected chi connectivity index (χ4v) is 3.03. The minimum Gasteiger partial charge on any atom is -0.322 e. The molecule has 4 aromatic rings. The number of carbonyl (C=O) groups excluding carboxylic acids is 1. The number of aryl methyl sites for hydroxylation is 1. The lowest BCUT2D eigenvalue weighted by Gasteiger charge is -2.13. The number of rotatable bonds is 4. The van der Waals surface area contributed by atoms with Crippen LogP contribution in [0.3, 0.4) is 0 Å². The van der Waals surface area contributed by atoms with Gasteiger partial charge in [0.2, 0.25) is 0 Å². The van der Waals surface area contributed by atoms with Gasteiger partial charge in [-0.05, 0) is 65.4 Å². The van der Waals surface area contributed by atoms with Crippen LogP contribution in [0.25, 0.3) is 11.4 Å². The summed E-state index contributed by atoms with van der Waals surface area (Å²) in [5.41, 5.74) is -0.361. The smallest absolute Gasteiger partial charge is 0.322 e. The largest absolute Gasteiger partial charge is 0.434 e. The predicted octanol–water partition coefficient (Wildman–Crippen LogP) is 3.57. The van der Waals surface area contributed by atoms with Gasteiger partial charge in [0.25, 0.3) is 5.91 Å². The molecule has 1 N–H and O–H groups in total. The van der Waals surface area contributed by atoms with Crippen LogP contribution in [0.15, 0.2) is 55.0 Å². The normalized spacial score (nSPS) is 11.5. The maximum absolute atomic E-state index is 13.7. The maximum atomic E-state index is 13.7. The Morgan fingerprint density at radius 2 is 1.84 bits per heavy atom. The molecule has 0 bridgehead atoms. The third kappa shape index (κ3) is 3.99. The zero-order valence-corrected chi connectivity index (χ0v) is 15.8. The van der Waals surface area contributed by atoms with E-state index in [-0.39, 0.29) is 11.4 Å². The van der Waals surface area contributed by atoms with Gasteiger partial charge in [-0.25, -0.2) is 13.8 Å². The van der Waals surface area contributed by atoms with Crippen molar-refractivity contribution < 1.29 is 22.4 Å². The third-order valence-corrected chi connectivity index (χ3v) is 4.40. The maximum Gasteiger partial charge on any atom is 0.434 e. The highest BCUT2D eigenvalue weighted by molar-refractivity contribution is 6.05. The van der Waals surface area contributed by atoms with Crippen molar-refractivity contribution in [3.63, 3.8) is 0 Å². The number of benzene rings is 2. The van der Waals surface area contributed by atoms with Crippen LogP contribution in [-0.4, -0.2) is 35.9 Å². The fourth-order valence-electron chi connectivity index (χ4n) is 3.03. The Kier molecular flexibility index (Phi) is 4.97. The summed E-state index contributed by atoms with van der Waals surface area (Å²) in [4.78, 5) is 12.6. The standard InChI is InChI=1S/C19H13F4N7O/c1-11-8-13(4-7-16(11)29-10-24-27-28-29)26-18(31)15-9-25-30(17(15)19(21,22)23)14-5-2-12(20)3-6-14/h2-10H,1H3,(H,26,31). The quantitative estimate of drug-likeness (QED) is 0.499. The molecule has 1 amide bonds. The van der Waals surface area contributed by atoms with E-state index in [0.717, 1.165) is 30.5 Å². The zero-order chi connectivity index (χ0) is 22.2. The first-order chi connectivity index (χ1) is 14.7. The summed E-state index contributed by atoms with van der Waals surface area (Å²) >= 11 is 0. The second kappa shape index (κ2) is 7.63. The Labute approximate surface area is 172 Å². The van der Waals surface area contributed by atoms with Crippen molar-refractivity contribution in [2.24, 2.45) is 0 Å². The Hall–Kier alpha value is -4.09. The molecule has 2 aromatic carbocycles. The van der Waals surface area contributed by atoms with E-state index in [0.29, 0.717) is 15.9 Å². The van der Waals surface area contributed by atoms with Gasteiger partial charge in [-0.1, -0.05) is 0 Å². The van der Waals surface area contributed by atoms with E-state index < -0.39 is 29.2 Å². The van der Waals surface area contributed by atoms with Gasteiger partial charge in [0.05, 0.1) is 23.1 Å². The molecular formula is C19H13F4N7O. The molecule has 8 nitrogen and oxygen atoms in total. The molecule has 0 atom stereocenters. The topological polar surface area (TPSA) is 90.5 Å². The van der Waals surface area contributed by atoms with Crippen molar-refractivity contribution in [1.82, 2.24) is 30.0 Å². The number of hydrogen-bond donors (Lipinski definition) is 1.